The molecule has 2 aromatic rings. The average Bonchev–Trinajstić information content (AvgIpc) is 2.82. The third-order valence-corrected chi connectivity index (χ3v) is 3.81. The Morgan fingerprint density at radius 2 is 2.17 bits per heavy atom. The van der Waals surface area contributed by atoms with Crippen LogP contribution in [0.4, 0.5) is 5.82 Å². The first-order valence-corrected chi connectivity index (χ1v) is 7.18. The second kappa shape index (κ2) is 5.87. The van der Waals surface area contributed by atoms with Crippen molar-refractivity contribution in [2.75, 3.05) is 4.90 Å². The van der Waals surface area contributed by atoms with Gasteiger partial charge in [0.1, 0.15) is 5.02 Å². The fourth-order valence-corrected chi connectivity index (χ4v) is 2.64. The Bertz CT molecular complexity index is 514. The summed E-state index contributed by atoms with van der Waals surface area (Å²) in [6.45, 7) is 4.96. The van der Waals surface area contributed by atoms with Gasteiger partial charge in [0.2, 0.25) is 5.28 Å². The van der Waals surface area contributed by atoms with E-state index in [1.54, 1.807) is 11.3 Å². The molecule has 0 atom stereocenters. The maximum Gasteiger partial charge on any atom is 0.224 e. The molecule has 0 saturated heterocycles. The molecule has 3 nitrogen and oxygen atoms in total. The van der Waals surface area contributed by atoms with Crippen molar-refractivity contribution in [1.29, 1.82) is 0 Å². The summed E-state index contributed by atoms with van der Waals surface area (Å²) in [6, 6.07) is 4.40. The standard InChI is InChI=1S/C12H13Cl2N3S/c1-8(2)17(7-9-4-3-5-18-9)11-10(13)6-15-12(14)16-11/h3-6,8H,7H2,1-2H3. The van der Waals surface area contributed by atoms with Gasteiger partial charge in [0.15, 0.2) is 5.82 Å². The second-order valence-electron chi connectivity index (χ2n) is 4.11. The molecular formula is C12H13Cl2N3S. The van der Waals surface area contributed by atoms with Crippen LogP contribution in [-0.2, 0) is 6.54 Å². The number of halogens is 2. The van der Waals surface area contributed by atoms with E-state index in [1.165, 1.54) is 11.1 Å². The minimum absolute atomic E-state index is 0.214. The molecular weight excluding hydrogens is 289 g/mol. The highest BCUT2D eigenvalue weighted by Gasteiger charge is 2.17. The number of hydrogen-bond acceptors (Lipinski definition) is 4. The maximum atomic E-state index is 6.15. The zero-order valence-corrected chi connectivity index (χ0v) is 12.4. The van der Waals surface area contributed by atoms with Crippen LogP contribution in [0.2, 0.25) is 10.3 Å². The summed E-state index contributed by atoms with van der Waals surface area (Å²) >= 11 is 13.7. The summed E-state index contributed by atoms with van der Waals surface area (Å²) in [7, 11) is 0. The van der Waals surface area contributed by atoms with Crippen molar-refractivity contribution >= 4 is 40.4 Å². The average molecular weight is 302 g/mol. The van der Waals surface area contributed by atoms with Gasteiger partial charge < -0.3 is 4.90 Å². The van der Waals surface area contributed by atoms with Gasteiger partial charge in [-0.1, -0.05) is 17.7 Å². The minimum Gasteiger partial charge on any atom is -0.348 e. The Kier molecular flexibility index (Phi) is 4.43. The van der Waals surface area contributed by atoms with E-state index in [1.807, 2.05) is 6.07 Å². The van der Waals surface area contributed by atoms with Crippen LogP contribution in [0, 0.1) is 0 Å². The molecule has 0 N–H and O–H groups in total. The molecule has 6 heteroatoms. The van der Waals surface area contributed by atoms with E-state index in [-0.39, 0.29) is 11.3 Å². The molecule has 0 aromatic carbocycles. The molecule has 0 radical (unpaired) electrons. The molecule has 18 heavy (non-hydrogen) atoms. The number of aromatic nitrogens is 2. The first-order chi connectivity index (χ1) is 8.58. The summed E-state index contributed by atoms with van der Waals surface area (Å²) in [5.41, 5.74) is 0. The largest absolute Gasteiger partial charge is 0.348 e. The normalized spacial score (nSPS) is 10.9. The Morgan fingerprint density at radius 3 is 2.78 bits per heavy atom. The molecule has 96 valence electrons. The smallest absolute Gasteiger partial charge is 0.224 e. The third kappa shape index (κ3) is 3.13. The predicted octanol–water partition coefficient (Wildman–Crippen LogP) is 4.26. The van der Waals surface area contributed by atoms with E-state index >= 15 is 0 Å². The molecule has 2 heterocycles. The zero-order chi connectivity index (χ0) is 13.1. The number of thiophene rings is 1. The summed E-state index contributed by atoms with van der Waals surface area (Å²) in [4.78, 5) is 11.5. The molecule has 0 unspecified atom stereocenters. The van der Waals surface area contributed by atoms with Crippen molar-refractivity contribution in [3.05, 3.63) is 38.9 Å². The van der Waals surface area contributed by atoms with Gasteiger partial charge in [-0.2, -0.15) is 4.98 Å². The van der Waals surface area contributed by atoms with E-state index in [0.29, 0.717) is 10.8 Å². The summed E-state index contributed by atoms with van der Waals surface area (Å²) in [5, 5.41) is 2.79. The first-order valence-electron chi connectivity index (χ1n) is 5.55. The van der Waals surface area contributed by atoms with E-state index in [9.17, 15) is 0 Å². The predicted molar refractivity (Wildman–Crippen MR) is 77.7 cm³/mol. The monoisotopic (exact) mass is 301 g/mol. The molecule has 2 rings (SSSR count). The van der Waals surface area contributed by atoms with Gasteiger partial charge in [-0.05, 0) is 36.9 Å². The lowest BCUT2D eigenvalue weighted by molar-refractivity contribution is 0.676. The highest BCUT2D eigenvalue weighted by atomic mass is 35.5. The summed E-state index contributed by atoms with van der Waals surface area (Å²) in [6.07, 6.45) is 1.54. The lowest BCUT2D eigenvalue weighted by Gasteiger charge is -2.28. The third-order valence-electron chi connectivity index (χ3n) is 2.50. The Balaban J connectivity index is 2.32. The van der Waals surface area contributed by atoms with Gasteiger partial charge in [0.25, 0.3) is 0 Å². The molecule has 0 bridgehead atoms. The molecule has 0 aliphatic carbocycles. The fourth-order valence-electron chi connectivity index (χ4n) is 1.61. The van der Waals surface area contributed by atoms with Crippen molar-refractivity contribution in [3.63, 3.8) is 0 Å². The first kappa shape index (κ1) is 13.6. The molecule has 0 spiro atoms. The van der Waals surface area contributed by atoms with Crippen LogP contribution in [-0.4, -0.2) is 16.0 Å². The summed E-state index contributed by atoms with van der Waals surface area (Å²) in [5.74, 6) is 0.681. The van der Waals surface area contributed by atoms with Gasteiger partial charge in [0.05, 0.1) is 12.7 Å². The molecule has 2 aromatic heterocycles. The molecule has 0 amide bonds. The quantitative estimate of drug-likeness (QED) is 0.790. The minimum atomic E-state index is 0.214. The van der Waals surface area contributed by atoms with E-state index < -0.39 is 0 Å². The number of anilines is 1. The molecule has 0 aliphatic rings. The number of hydrogen-bond donors (Lipinski definition) is 0. The molecule has 0 aliphatic heterocycles. The highest BCUT2D eigenvalue weighted by molar-refractivity contribution is 7.09. The van der Waals surface area contributed by atoms with Crippen LogP contribution in [0.3, 0.4) is 0 Å². The van der Waals surface area contributed by atoms with Crippen LogP contribution >= 0.6 is 34.5 Å². The lowest BCUT2D eigenvalue weighted by atomic mass is 10.3. The summed E-state index contributed by atoms with van der Waals surface area (Å²) < 4.78 is 0. The van der Waals surface area contributed by atoms with Crippen molar-refractivity contribution in [2.45, 2.75) is 26.4 Å². The van der Waals surface area contributed by atoms with Crippen LogP contribution in [0.1, 0.15) is 18.7 Å². The van der Waals surface area contributed by atoms with E-state index in [4.69, 9.17) is 23.2 Å². The van der Waals surface area contributed by atoms with Crippen molar-refractivity contribution < 1.29 is 0 Å². The zero-order valence-electron chi connectivity index (χ0n) is 10.1. The van der Waals surface area contributed by atoms with Crippen LogP contribution < -0.4 is 4.90 Å². The molecule has 0 fully saturated rings. The second-order valence-corrected chi connectivity index (χ2v) is 5.89. The Labute approximate surface area is 120 Å². The number of rotatable bonds is 4. The molecule has 0 saturated carbocycles. The SMILES string of the molecule is CC(C)N(Cc1cccs1)c1nc(Cl)ncc1Cl. The lowest BCUT2D eigenvalue weighted by Crippen LogP contribution is -2.31. The highest BCUT2D eigenvalue weighted by Crippen LogP contribution is 2.27. The van der Waals surface area contributed by atoms with Gasteiger partial charge in [0, 0.05) is 10.9 Å². The van der Waals surface area contributed by atoms with Crippen LogP contribution in [0.25, 0.3) is 0 Å². The van der Waals surface area contributed by atoms with Crippen LogP contribution in [0.5, 0.6) is 0 Å². The van der Waals surface area contributed by atoms with Crippen molar-refractivity contribution in [1.82, 2.24) is 9.97 Å². The van der Waals surface area contributed by atoms with Gasteiger partial charge in [-0.25, -0.2) is 4.98 Å². The van der Waals surface area contributed by atoms with E-state index in [2.05, 4.69) is 40.2 Å². The van der Waals surface area contributed by atoms with Crippen molar-refractivity contribution in [3.8, 4) is 0 Å². The number of nitrogens with zero attached hydrogens (tertiary/aromatic N) is 3. The van der Waals surface area contributed by atoms with Crippen molar-refractivity contribution in [2.24, 2.45) is 0 Å². The van der Waals surface area contributed by atoms with Gasteiger partial charge in [-0.3, -0.25) is 0 Å². The van der Waals surface area contributed by atoms with Gasteiger partial charge >= 0.3 is 0 Å². The topological polar surface area (TPSA) is 29.0 Å². The van der Waals surface area contributed by atoms with E-state index in [0.717, 1.165) is 6.54 Å². The Hall–Kier alpha value is -0.840. The van der Waals surface area contributed by atoms with Crippen LogP contribution in [0.15, 0.2) is 23.7 Å². The maximum absolute atomic E-state index is 6.15. The van der Waals surface area contributed by atoms with Gasteiger partial charge in [-0.15, -0.1) is 11.3 Å². The fraction of sp³-hybridized carbons (Fsp3) is 0.333. The Morgan fingerprint density at radius 1 is 1.39 bits per heavy atom.